The molecule has 0 aliphatic carbocycles. The van der Waals surface area contributed by atoms with Crippen molar-refractivity contribution in [2.24, 2.45) is 0 Å². The van der Waals surface area contributed by atoms with Gasteiger partial charge >= 0.3 is 18.3 Å². The summed E-state index contributed by atoms with van der Waals surface area (Å²) in [7, 11) is 2.05. The molecule has 1 aromatic carbocycles. The first-order chi connectivity index (χ1) is 18.5. The maximum atomic E-state index is 13.1. The second-order valence-corrected chi connectivity index (χ2v) is 9.63. The van der Waals surface area contributed by atoms with Crippen LogP contribution in [-0.4, -0.2) is 74.6 Å². The van der Waals surface area contributed by atoms with E-state index in [0.717, 1.165) is 32.0 Å². The zero-order valence-corrected chi connectivity index (χ0v) is 21.7. The number of benzene rings is 1. The molecule has 4 N–H and O–H groups in total. The van der Waals surface area contributed by atoms with Crippen molar-refractivity contribution in [2.45, 2.75) is 57.6 Å². The van der Waals surface area contributed by atoms with Gasteiger partial charge in [-0.05, 0) is 64.0 Å². The Labute approximate surface area is 224 Å². The van der Waals surface area contributed by atoms with E-state index in [9.17, 15) is 36.6 Å². The number of aryl methyl sites for hydroxylation is 1. The maximum Gasteiger partial charge on any atom is 0.490 e. The number of anilines is 1. The minimum Gasteiger partial charge on any atom is -0.507 e. The number of aliphatic carboxylic acids is 1. The Morgan fingerprint density at radius 3 is 2.38 bits per heavy atom. The summed E-state index contributed by atoms with van der Waals surface area (Å²) in [4.78, 5) is 20.0. The molecule has 1 fully saturated rings. The van der Waals surface area contributed by atoms with Crippen molar-refractivity contribution in [1.29, 1.82) is 0 Å². The molecular weight excluding hydrogens is 550 g/mol. The average Bonchev–Trinajstić information content (AvgIpc) is 3.20. The fraction of sp³-hybridized carbons (Fsp3) is 0.480. The molecule has 0 amide bonds. The minimum absolute atomic E-state index is 0.165. The molecule has 0 radical (unpaired) electrons. The molecular formula is C25H28F6N4O5. The zero-order chi connectivity index (χ0) is 30.0. The number of hydrogen-bond acceptors (Lipinski definition) is 8. The second-order valence-electron chi connectivity index (χ2n) is 9.63. The highest BCUT2D eigenvalue weighted by Gasteiger charge is 2.38. The van der Waals surface area contributed by atoms with Gasteiger partial charge < -0.3 is 30.0 Å². The van der Waals surface area contributed by atoms with Gasteiger partial charge in [0, 0.05) is 30.1 Å². The Kier molecular flexibility index (Phi) is 9.19. The number of hydrogen-bond donors (Lipinski definition) is 4. The fourth-order valence-electron chi connectivity index (χ4n) is 4.36. The number of pyridine rings is 1. The highest BCUT2D eigenvalue weighted by Crippen LogP contribution is 2.39. The Hall–Kier alpha value is -3.59. The number of oxazole rings is 1. The molecule has 1 saturated heterocycles. The molecule has 15 heteroatoms. The number of fused-ring (bicyclic) bond motifs is 1. The SMILES string of the molecule is Cc1cc(C(F)(F)F)cc(O)c1-c1cc(C[C@@H](C)O)c2oc(N[C@@H]3CCCN(C)C3)nc2n1.O=C(O)C(F)(F)F. The van der Waals surface area contributed by atoms with E-state index in [1.165, 1.54) is 6.92 Å². The van der Waals surface area contributed by atoms with Crippen LogP contribution in [0.2, 0.25) is 0 Å². The van der Waals surface area contributed by atoms with E-state index in [2.05, 4.69) is 20.2 Å². The summed E-state index contributed by atoms with van der Waals surface area (Å²) >= 11 is 0. The lowest BCUT2D eigenvalue weighted by Gasteiger charge is -2.29. The molecule has 1 aliphatic heterocycles. The summed E-state index contributed by atoms with van der Waals surface area (Å²) in [5, 5.41) is 30.8. The van der Waals surface area contributed by atoms with E-state index in [-0.39, 0.29) is 34.9 Å². The van der Waals surface area contributed by atoms with Crippen molar-refractivity contribution in [3.63, 3.8) is 0 Å². The highest BCUT2D eigenvalue weighted by atomic mass is 19.4. The lowest BCUT2D eigenvalue weighted by atomic mass is 9.98. The first-order valence-corrected chi connectivity index (χ1v) is 12.1. The number of rotatable bonds is 5. The molecule has 3 aromatic rings. The van der Waals surface area contributed by atoms with Crippen molar-refractivity contribution in [1.82, 2.24) is 14.9 Å². The van der Waals surface area contributed by atoms with Crippen molar-refractivity contribution >= 4 is 23.2 Å². The van der Waals surface area contributed by atoms with Gasteiger partial charge in [0.1, 0.15) is 5.75 Å². The van der Waals surface area contributed by atoms with E-state index in [1.807, 2.05) is 7.05 Å². The molecule has 0 bridgehead atoms. The van der Waals surface area contributed by atoms with Crippen molar-refractivity contribution in [3.05, 3.63) is 34.9 Å². The number of aromatic hydroxyl groups is 1. The standard InChI is InChI=1S/C23H27F3N4O3.C2HF3O2/c1-12-7-15(23(24,25)26)10-18(32)19(12)17-9-14(8-13(2)31)20-21(28-17)29-22(33-20)27-16-5-4-6-30(3)11-16;3-2(4,5)1(6)7/h7,9-10,13,16,31-32H,4-6,8,11H2,1-3H3,(H,27,28,29);(H,6,7)/t13-,16-;/m1./s1. The lowest BCUT2D eigenvalue weighted by molar-refractivity contribution is -0.192. The van der Waals surface area contributed by atoms with Gasteiger partial charge in [0.05, 0.1) is 17.4 Å². The Bertz CT molecular complexity index is 1330. The van der Waals surface area contributed by atoms with Gasteiger partial charge in [0.15, 0.2) is 5.58 Å². The number of aromatic nitrogens is 2. The molecule has 9 nitrogen and oxygen atoms in total. The smallest absolute Gasteiger partial charge is 0.490 e. The zero-order valence-electron chi connectivity index (χ0n) is 21.7. The van der Waals surface area contributed by atoms with E-state index in [0.29, 0.717) is 23.2 Å². The quantitative estimate of drug-likeness (QED) is 0.310. The van der Waals surface area contributed by atoms with Crippen molar-refractivity contribution in [2.75, 3.05) is 25.5 Å². The molecule has 0 spiro atoms. The molecule has 1 aliphatic rings. The number of carbonyl (C=O) groups is 1. The number of halogens is 6. The topological polar surface area (TPSA) is 132 Å². The number of carboxylic acid groups (broad SMARTS) is 1. The van der Waals surface area contributed by atoms with Crippen LogP contribution in [0, 0.1) is 6.92 Å². The minimum atomic E-state index is -5.08. The Balaban J connectivity index is 0.000000559. The lowest BCUT2D eigenvalue weighted by Crippen LogP contribution is -2.39. The third kappa shape index (κ3) is 7.75. The van der Waals surface area contributed by atoms with Crippen LogP contribution in [0.25, 0.3) is 22.5 Å². The number of carboxylic acids is 1. The van der Waals surface area contributed by atoms with Gasteiger partial charge in [0.25, 0.3) is 6.01 Å². The molecule has 2 atom stereocenters. The predicted octanol–water partition coefficient (Wildman–Crippen LogP) is 4.99. The maximum absolute atomic E-state index is 13.1. The molecule has 220 valence electrons. The monoisotopic (exact) mass is 578 g/mol. The molecule has 0 saturated carbocycles. The molecule has 3 heterocycles. The number of likely N-dealkylation sites (tertiary alicyclic amines) is 1. The number of aliphatic hydroxyl groups excluding tert-OH is 1. The number of phenols is 1. The number of aliphatic hydroxyl groups is 1. The van der Waals surface area contributed by atoms with Gasteiger partial charge in [-0.25, -0.2) is 9.78 Å². The number of nitrogens with zero attached hydrogens (tertiary/aromatic N) is 3. The first kappa shape index (κ1) is 30.9. The summed E-state index contributed by atoms with van der Waals surface area (Å²) in [6.07, 6.45) is -8.10. The summed E-state index contributed by atoms with van der Waals surface area (Å²) < 4.78 is 77.1. The number of phenolic OH excluding ortho intramolecular Hbond substituents is 1. The van der Waals surface area contributed by atoms with Gasteiger partial charge in [-0.2, -0.15) is 31.3 Å². The van der Waals surface area contributed by atoms with E-state index < -0.39 is 35.7 Å². The number of likely N-dealkylation sites (N-methyl/N-ethyl adjacent to an activating group) is 1. The number of nitrogens with one attached hydrogen (secondary N) is 1. The van der Waals surface area contributed by atoms with Crippen LogP contribution in [0.3, 0.4) is 0 Å². The Morgan fingerprint density at radius 1 is 1.20 bits per heavy atom. The van der Waals surface area contributed by atoms with Crippen LogP contribution < -0.4 is 5.32 Å². The van der Waals surface area contributed by atoms with E-state index in [4.69, 9.17) is 14.3 Å². The molecule has 2 aromatic heterocycles. The van der Waals surface area contributed by atoms with Gasteiger partial charge in [-0.1, -0.05) is 0 Å². The predicted molar refractivity (Wildman–Crippen MR) is 132 cm³/mol. The van der Waals surface area contributed by atoms with E-state index >= 15 is 0 Å². The summed E-state index contributed by atoms with van der Waals surface area (Å²) in [5.41, 5.74) is 0.998. The molecule has 40 heavy (non-hydrogen) atoms. The van der Waals surface area contributed by atoms with Gasteiger partial charge in [0.2, 0.25) is 5.65 Å². The largest absolute Gasteiger partial charge is 0.507 e. The van der Waals surface area contributed by atoms with Crippen molar-refractivity contribution in [3.8, 4) is 17.0 Å². The molecule has 4 rings (SSSR count). The second kappa shape index (κ2) is 11.9. The van der Waals surface area contributed by atoms with Gasteiger partial charge in [-0.15, -0.1) is 0 Å². The average molecular weight is 579 g/mol. The third-order valence-electron chi connectivity index (χ3n) is 6.05. The number of alkyl halides is 6. The summed E-state index contributed by atoms with van der Waals surface area (Å²) in [6, 6.07) is 3.75. The summed E-state index contributed by atoms with van der Waals surface area (Å²) in [5.74, 6) is -3.28. The fourth-order valence-corrected chi connectivity index (χ4v) is 4.36. The van der Waals surface area contributed by atoms with Gasteiger partial charge in [-0.3, -0.25) is 0 Å². The number of piperidine rings is 1. The van der Waals surface area contributed by atoms with Crippen molar-refractivity contribution < 1.29 is 50.9 Å². The van der Waals surface area contributed by atoms with Crippen LogP contribution in [0.5, 0.6) is 5.75 Å². The summed E-state index contributed by atoms with van der Waals surface area (Å²) in [6.45, 7) is 4.99. The van der Waals surface area contributed by atoms with Crippen LogP contribution >= 0.6 is 0 Å². The van der Waals surface area contributed by atoms with E-state index in [1.54, 1.807) is 13.0 Å². The highest BCUT2D eigenvalue weighted by molar-refractivity contribution is 5.81. The van der Waals surface area contributed by atoms with Crippen LogP contribution in [-0.2, 0) is 17.4 Å². The Morgan fingerprint density at radius 2 is 1.85 bits per heavy atom. The van der Waals surface area contributed by atoms with Crippen LogP contribution in [0.1, 0.15) is 36.5 Å². The van der Waals surface area contributed by atoms with Crippen LogP contribution in [0.4, 0.5) is 32.4 Å². The third-order valence-corrected chi connectivity index (χ3v) is 6.05. The first-order valence-electron chi connectivity index (χ1n) is 12.1. The molecule has 0 unspecified atom stereocenters. The normalized spacial score (nSPS) is 17.3. The van der Waals surface area contributed by atoms with Crippen LogP contribution in [0.15, 0.2) is 22.6 Å².